The minimum Gasteiger partial charge on any atom is -0.271 e. The minimum atomic E-state index is -4.09. The van der Waals surface area contributed by atoms with Gasteiger partial charge in [-0.15, -0.1) is 0 Å². The molecule has 5 unspecified atom stereocenters. The van der Waals surface area contributed by atoms with E-state index in [0.29, 0.717) is 24.7 Å². The lowest BCUT2D eigenvalue weighted by Gasteiger charge is -2.44. The molecule has 2 nitrogen and oxygen atoms in total. The number of alkyl halides is 3. The summed E-state index contributed by atoms with van der Waals surface area (Å²) in [6.45, 7) is 4.41. The molecule has 3 N–H and O–H groups in total. The lowest BCUT2D eigenvalue weighted by molar-refractivity contribution is -0.201. The summed E-state index contributed by atoms with van der Waals surface area (Å²) in [7, 11) is 0. The second kappa shape index (κ2) is 6.86. The van der Waals surface area contributed by atoms with Crippen LogP contribution in [0, 0.1) is 29.6 Å². The highest BCUT2D eigenvalue weighted by molar-refractivity contribution is 4.93. The van der Waals surface area contributed by atoms with Crippen molar-refractivity contribution in [3.8, 4) is 0 Å². The molecular formula is C16H29F3N2. The molecular weight excluding hydrogens is 277 g/mol. The van der Waals surface area contributed by atoms with Crippen LogP contribution in [0.1, 0.15) is 58.8 Å². The predicted molar refractivity (Wildman–Crippen MR) is 78.3 cm³/mol. The Bertz CT molecular complexity index is 322. The fourth-order valence-corrected chi connectivity index (χ4v) is 4.91. The van der Waals surface area contributed by atoms with E-state index in [0.717, 1.165) is 19.3 Å². The number of halogens is 3. The molecule has 2 aliphatic carbocycles. The van der Waals surface area contributed by atoms with Crippen molar-refractivity contribution in [2.24, 2.45) is 35.4 Å². The highest BCUT2D eigenvalue weighted by Crippen LogP contribution is 2.46. The molecule has 2 aliphatic rings. The van der Waals surface area contributed by atoms with Crippen LogP contribution in [0.2, 0.25) is 0 Å². The molecule has 0 aromatic carbocycles. The minimum absolute atomic E-state index is 0.192. The molecule has 2 rings (SSSR count). The Labute approximate surface area is 126 Å². The van der Waals surface area contributed by atoms with Crippen LogP contribution in [0.4, 0.5) is 13.2 Å². The molecule has 0 spiro atoms. The average molecular weight is 306 g/mol. The van der Waals surface area contributed by atoms with E-state index >= 15 is 0 Å². The van der Waals surface area contributed by atoms with Crippen LogP contribution in [0.25, 0.3) is 0 Å². The smallest absolute Gasteiger partial charge is 0.271 e. The first-order chi connectivity index (χ1) is 9.82. The van der Waals surface area contributed by atoms with E-state index in [-0.39, 0.29) is 24.3 Å². The van der Waals surface area contributed by atoms with Crippen LogP contribution in [0.3, 0.4) is 0 Å². The standard InChI is InChI=1S/C16H29F3N2/c1-10-7-11(2)9-12(8-10)15(21-20)13-5-3-4-6-14(13)16(17,18)19/h10-15,21H,3-9,20H2,1-2H3. The van der Waals surface area contributed by atoms with Crippen molar-refractivity contribution in [2.45, 2.75) is 71.0 Å². The highest BCUT2D eigenvalue weighted by Gasteiger charge is 2.49. The van der Waals surface area contributed by atoms with Crippen LogP contribution in [0.5, 0.6) is 0 Å². The van der Waals surface area contributed by atoms with E-state index in [2.05, 4.69) is 19.3 Å². The fraction of sp³-hybridized carbons (Fsp3) is 1.00. The largest absolute Gasteiger partial charge is 0.392 e. The van der Waals surface area contributed by atoms with Crippen molar-refractivity contribution in [3.05, 3.63) is 0 Å². The summed E-state index contributed by atoms with van der Waals surface area (Å²) in [5.41, 5.74) is 2.78. The fourth-order valence-electron chi connectivity index (χ4n) is 4.91. The van der Waals surface area contributed by atoms with Gasteiger partial charge in [0, 0.05) is 6.04 Å². The zero-order valence-corrected chi connectivity index (χ0v) is 13.1. The van der Waals surface area contributed by atoms with Crippen molar-refractivity contribution in [1.82, 2.24) is 5.43 Å². The summed E-state index contributed by atoms with van der Waals surface area (Å²) in [6.07, 6.45) is 1.60. The molecule has 5 heteroatoms. The van der Waals surface area contributed by atoms with E-state index < -0.39 is 12.1 Å². The molecule has 0 bridgehead atoms. The van der Waals surface area contributed by atoms with Gasteiger partial charge in [-0.05, 0) is 55.8 Å². The first-order valence-electron chi connectivity index (χ1n) is 8.35. The molecule has 0 radical (unpaired) electrons. The second-order valence-corrected chi connectivity index (χ2v) is 7.47. The molecule has 5 atom stereocenters. The topological polar surface area (TPSA) is 38.0 Å². The van der Waals surface area contributed by atoms with Crippen molar-refractivity contribution in [3.63, 3.8) is 0 Å². The summed E-state index contributed by atoms with van der Waals surface area (Å²) >= 11 is 0. The van der Waals surface area contributed by atoms with Crippen molar-refractivity contribution in [1.29, 1.82) is 0 Å². The van der Waals surface area contributed by atoms with Crippen molar-refractivity contribution < 1.29 is 13.2 Å². The van der Waals surface area contributed by atoms with Gasteiger partial charge in [0.25, 0.3) is 0 Å². The third kappa shape index (κ3) is 4.13. The molecule has 124 valence electrons. The Balaban J connectivity index is 2.14. The summed E-state index contributed by atoms with van der Waals surface area (Å²) in [5.74, 6) is 5.63. The van der Waals surface area contributed by atoms with Crippen molar-refractivity contribution in [2.75, 3.05) is 0 Å². The maximum Gasteiger partial charge on any atom is 0.392 e. The van der Waals surface area contributed by atoms with Gasteiger partial charge in [-0.25, -0.2) is 0 Å². The number of hydrazine groups is 1. The van der Waals surface area contributed by atoms with Crippen LogP contribution in [0.15, 0.2) is 0 Å². The van der Waals surface area contributed by atoms with Crippen LogP contribution in [-0.2, 0) is 0 Å². The molecule has 0 saturated heterocycles. The lowest BCUT2D eigenvalue weighted by Crippen LogP contribution is -2.53. The molecule has 2 fully saturated rings. The Hall–Kier alpha value is -0.290. The summed E-state index contributed by atoms with van der Waals surface area (Å²) in [6, 6.07) is -0.192. The molecule has 0 aromatic rings. The number of nitrogens with one attached hydrogen (secondary N) is 1. The Morgan fingerprint density at radius 3 is 2.10 bits per heavy atom. The Morgan fingerprint density at radius 1 is 1.00 bits per heavy atom. The van der Waals surface area contributed by atoms with Gasteiger partial charge in [0.2, 0.25) is 0 Å². The highest BCUT2D eigenvalue weighted by atomic mass is 19.4. The maximum absolute atomic E-state index is 13.3. The number of nitrogens with two attached hydrogens (primary N) is 1. The summed E-state index contributed by atoms with van der Waals surface area (Å²) in [5, 5.41) is 0. The quantitative estimate of drug-likeness (QED) is 0.604. The molecule has 21 heavy (non-hydrogen) atoms. The van der Waals surface area contributed by atoms with E-state index in [1.165, 1.54) is 6.42 Å². The molecule has 0 heterocycles. The number of hydrogen-bond acceptors (Lipinski definition) is 2. The zero-order valence-electron chi connectivity index (χ0n) is 13.1. The first kappa shape index (κ1) is 17.1. The molecule has 2 saturated carbocycles. The van der Waals surface area contributed by atoms with Crippen molar-refractivity contribution >= 4 is 0 Å². The van der Waals surface area contributed by atoms with Gasteiger partial charge in [0.1, 0.15) is 0 Å². The van der Waals surface area contributed by atoms with E-state index in [4.69, 9.17) is 5.84 Å². The van der Waals surface area contributed by atoms with Crippen LogP contribution < -0.4 is 11.3 Å². The molecule has 0 aliphatic heterocycles. The Morgan fingerprint density at radius 2 is 1.57 bits per heavy atom. The normalized spacial score (nSPS) is 40.0. The van der Waals surface area contributed by atoms with E-state index in [1.54, 1.807) is 0 Å². The number of hydrogen-bond donors (Lipinski definition) is 2. The average Bonchev–Trinajstić information content (AvgIpc) is 2.38. The van der Waals surface area contributed by atoms with Gasteiger partial charge in [0.15, 0.2) is 0 Å². The van der Waals surface area contributed by atoms with E-state index in [9.17, 15) is 13.2 Å². The SMILES string of the molecule is CC1CC(C)CC(C(NN)C2CCCCC2C(F)(F)F)C1. The summed E-state index contributed by atoms with van der Waals surface area (Å²) < 4.78 is 40.0. The predicted octanol–water partition coefficient (Wildman–Crippen LogP) is 4.26. The van der Waals surface area contributed by atoms with Gasteiger partial charge in [-0.1, -0.05) is 26.7 Å². The first-order valence-corrected chi connectivity index (χ1v) is 8.35. The van der Waals surface area contributed by atoms with E-state index in [1.807, 2.05) is 0 Å². The zero-order chi connectivity index (χ0) is 15.6. The van der Waals surface area contributed by atoms with Gasteiger partial charge >= 0.3 is 6.18 Å². The maximum atomic E-state index is 13.3. The molecule has 0 aromatic heterocycles. The second-order valence-electron chi connectivity index (χ2n) is 7.47. The Kier molecular flexibility index (Phi) is 5.58. The van der Waals surface area contributed by atoms with Crippen LogP contribution >= 0.6 is 0 Å². The third-order valence-corrected chi connectivity index (χ3v) is 5.62. The summed E-state index contributed by atoms with van der Waals surface area (Å²) in [4.78, 5) is 0. The monoisotopic (exact) mass is 306 g/mol. The van der Waals surface area contributed by atoms with Gasteiger partial charge in [0.05, 0.1) is 5.92 Å². The van der Waals surface area contributed by atoms with Crippen LogP contribution in [-0.4, -0.2) is 12.2 Å². The third-order valence-electron chi connectivity index (χ3n) is 5.62. The van der Waals surface area contributed by atoms with Gasteiger partial charge in [-0.3, -0.25) is 11.3 Å². The van der Waals surface area contributed by atoms with Gasteiger partial charge < -0.3 is 0 Å². The molecule has 0 amide bonds. The number of rotatable bonds is 3. The lowest BCUT2D eigenvalue weighted by atomic mass is 9.66. The van der Waals surface area contributed by atoms with Gasteiger partial charge in [-0.2, -0.15) is 13.2 Å².